The Bertz CT molecular complexity index is 1110. The van der Waals surface area contributed by atoms with Crippen molar-refractivity contribution in [3.8, 4) is 0 Å². The Kier molecular flexibility index (Phi) is 8.27. The number of morpholine rings is 1. The first-order valence-electron chi connectivity index (χ1n) is 12.5. The summed E-state index contributed by atoms with van der Waals surface area (Å²) < 4.78 is 33.5. The highest BCUT2D eigenvalue weighted by Crippen LogP contribution is 2.29. The number of amides is 1. The molecule has 2 aromatic rings. The largest absolute Gasteiger partial charge is 0.379 e. The first-order chi connectivity index (χ1) is 16.7. The first-order valence-corrected chi connectivity index (χ1v) is 13.9. The summed E-state index contributed by atoms with van der Waals surface area (Å²) in [5, 5.41) is 3.05. The Balaban J connectivity index is 1.27. The average Bonchev–Trinajstić information content (AvgIpc) is 2.83. The summed E-state index contributed by atoms with van der Waals surface area (Å²) in [4.78, 5) is 15.6. The van der Waals surface area contributed by atoms with Crippen LogP contribution in [0, 0.1) is 26.7 Å². The summed E-state index contributed by atoms with van der Waals surface area (Å²) in [5.74, 6) is -0.163. The number of piperidine rings is 1. The molecule has 2 fully saturated rings. The molecular formula is C27H37N3O4S. The predicted octanol–water partition coefficient (Wildman–Crippen LogP) is 3.16. The molecule has 0 unspecified atom stereocenters. The van der Waals surface area contributed by atoms with E-state index < -0.39 is 10.0 Å². The van der Waals surface area contributed by atoms with E-state index in [1.54, 1.807) is 0 Å². The topological polar surface area (TPSA) is 79.0 Å². The molecule has 8 heteroatoms. The van der Waals surface area contributed by atoms with E-state index in [0.717, 1.165) is 55.1 Å². The van der Waals surface area contributed by atoms with Gasteiger partial charge in [0, 0.05) is 45.2 Å². The molecule has 1 amide bonds. The highest BCUT2D eigenvalue weighted by Gasteiger charge is 2.33. The van der Waals surface area contributed by atoms with Crippen molar-refractivity contribution in [1.82, 2.24) is 14.5 Å². The number of ether oxygens (including phenoxy) is 1. The molecule has 2 aliphatic heterocycles. The maximum Gasteiger partial charge on any atom is 0.243 e. The van der Waals surface area contributed by atoms with Crippen LogP contribution in [0.5, 0.6) is 0 Å². The second-order valence-corrected chi connectivity index (χ2v) is 11.7. The van der Waals surface area contributed by atoms with Gasteiger partial charge in [-0.15, -0.1) is 0 Å². The molecule has 7 nitrogen and oxygen atoms in total. The van der Waals surface area contributed by atoms with E-state index >= 15 is 0 Å². The Morgan fingerprint density at radius 3 is 2.11 bits per heavy atom. The van der Waals surface area contributed by atoms with Gasteiger partial charge in [0.2, 0.25) is 15.9 Å². The van der Waals surface area contributed by atoms with Gasteiger partial charge in [0.1, 0.15) is 0 Å². The van der Waals surface area contributed by atoms with E-state index in [1.165, 1.54) is 9.87 Å². The molecule has 0 spiro atoms. The van der Waals surface area contributed by atoms with Crippen LogP contribution in [0.25, 0.3) is 0 Å². The van der Waals surface area contributed by atoms with Gasteiger partial charge in [-0.1, -0.05) is 42.0 Å². The number of rotatable bonds is 7. The molecule has 0 aliphatic carbocycles. The SMILES string of the molecule is Cc1cc(C)c(S(=O)(=O)N2CCC(C(=O)NCc3ccc(CN4CCOCC4)cc3)CC2)c(C)c1. The molecule has 0 bridgehead atoms. The summed E-state index contributed by atoms with van der Waals surface area (Å²) >= 11 is 0. The highest BCUT2D eigenvalue weighted by atomic mass is 32.2. The maximum absolute atomic E-state index is 13.3. The monoisotopic (exact) mass is 499 g/mol. The van der Waals surface area contributed by atoms with Crippen LogP contribution >= 0.6 is 0 Å². The van der Waals surface area contributed by atoms with Crippen molar-refractivity contribution in [3.63, 3.8) is 0 Å². The lowest BCUT2D eigenvalue weighted by molar-refractivity contribution is -0.126. The highest BCUT2D eigenvalue weighted by molar-refractivity contribution is 7.89. The third-order valence-corrected chi connectivity index (χ3v) is 9.23. The van der Waals surface area contributed by atoms with Crippen molar-refractivity contribution < 1.29 is 17.9 Å². The summed E-state index contributed by atoms with van der Waals surface area (Å²) in [6.07, 6.45) is 1.07. The molecule has 2 saturated heterocycles. The summed E-state index contributed by atoms with van der Waals surface area (Å²) in [7, 11) is -3.57. The van der Waals surface area contributed by atoms with Gasteiger partial charge in [0.15, 0.2) is 0 Å². The van der Waals surface area contributed by atoms with E-state index in [0.29, 0.717) is 37.4 Å². The molecule has 2 heterocycles. The van der Waals surface area contributed by atoms with Crippen LogP contribution in [-0.2, 0) is 32.6 Å². The number of carbonyl (C=O) groups excluding carboxylic acids is 1. The van der Waals surface area contributed by atoms with E-state index in [-0.39, 0.29) is 11.8 Å². The number of carbonyl (C=O) groups is 1. The standard InChI is InChI=1S/C27H37N3O4S/c1-20-16-21(2)26(22(3)17-20)35(32,33)30-10-8-25(9-11-30)27(31)28-18-23-4-6-24(7-5-23)19-29-12-14-34-15-13-29/h4-7,16-17,25H,8-15,18-19H2,1-3H3,(H,28,31). The minimum Gasteiger partial charge on any atom is -0.379 e. The zero-order valence-corrected chi connectivity index (χ0v) is 21.9. The van der Waals surface area contributed by atoms with Crippen LogP contribution in [-0.4, -0.2) is 62.9 Å². The lowest BCUT2D eigenvalue weighted by Crippen LogP contribution is -2.43. The summed E-state index contributed by atoms with van der Waals surface area (Å²) in [6.45, 7) is 11.3. The van der Waals surface area contributed by atoms with Crippen LogP contribution in [0.15, 0.2) is 41.3 Å². The van der Waals surface area contributed by atoms with Crippen LogP contribution in [0.3, 0.4) is 0 Å². The van der Waals surface area contributed by atoms with Gasteiger partial charge in [-0.25, -0.2) is 8.42 Å². The van der Waals surface area contributed by atoms with E-state index in [4.69, 9.17) is 4.74 Å². The molecule has 0 saturated carbocycles. The van der Waals surface area contributed by atoms with Gasteiger partial charge >= 0.3 is 0 Å². The normalized spacial score (nSPS) is 18.5. The molecule has 4 rings (SSSR count). The lowest BCUT2D eigenvalue weighted by atomic mass is 9.97. The average molecular weight is 500 g/mol. The van der Waals surface area contributed by atoms with E-state index in [9.17, 15) is 13.2 Å². The Hall–Kier alpha value is -2.26. The van der Waals surface area contributed by atoms with Gasteiger partial charge in [0.05, 0.1) is 18.1 Å². The van der Waals surface area contributed by atoms with Gasteiger partial charge in [-0.05, 0) is 55.9 Å². The Labute approximate surface area is 209 Å². The Morgan fingerprint density at radius 2 is 1.51 bits per heavy atom. The molecule has 2 aliphatic rings. The molecule has 0 atom stereocenters. The van der Waals surface area contributed by atoms with Crippen molar-refractivity contribution in [2.24, 2.45) is 5.92 Å². The molecule has 0 aromatic heterocycles. The zero-order chi connectivity index (χ0) is 25.0. The van der Waals surface area contributed by atoms with Crippen LogP contribution < -0.4 is 5.32 Å². The lowest BCUT2D eigenvalue weighted by Gasteiger charge is -2.31. The van der Waals surface area contributed by atoms with E-state index in [2.05, 4.69) is 34.5 Å². The number of nitrogens with zero attached hydrogens (tertiary/aromatic N) is 2. The first kappa shape index (κ1) is 25.8. The third kappa shape index (κ3) is 6.30. The van der Waals surface area contributed by atoms with Crippen molar-refractivity contribution >= 4 is 15.9 Å². The second kappa shape index (κ2) is 11.2. The van der Waals surface area contributed by atoms with Crippen molar-refractivity contribution in [1.29, 1.82) is 0 Å². The second-order valence-electron chi connectivity index (χ2n) is 9.83. The quantitative estimate of drug-likeness (QED) is 0.633. The zero-order valence-electron chi connectivity index (χ0n) is 21.0. The summed E-state index contributed by atoms with van der Waals surface area (Å²) in [5.41, 5.74) is 4.93. The van der Waals surface area contributed by atoms with Gasteiger partial charge < -0.3 is 10.1 Å². The van der Waals surface area contributed by atoms with Gasteiger partial charge in [0.25, 0.3) is 0 Å². The van der Waals surface area contributed by atoms with Gasteiger partial charge in [-0.2, -0.15) is 4.31 Å². The number of nitrogens with one attached hydrogen (secondary N) is 1. The maximum atomic E-state index is 13.3. The number of benzene rings is 2. The number of hydrogen-bond donors (Lipinski definition) is 1. The molecule has 0 radical (unpaired) electrons. The number of hydrogen-bond acceptors (Lipinski definition) is 5. The molecule has 2 aromatic carbocycles. The Morgan fingerprint density at radius 1 is 0.943 bits per heavy atom. The number of sulfonamides is 1. The minimum atomic E-state index is -3.57. The van der Waals surface area contributed by atoms with Crippen molar-refractivity contribution in [2.75, 3.05) is 39.4 Å². The summed E-state index contributed by atoms with van der Waals surface area (Å²) in [6, 6.07) is 12.2. The minimum absolute atomic E-state index is 0.00198. The fourth-order valence-electron chi connectivity index (χ4n) is 5.17. The third-order valence-electron chi connectivity index (χ3n) is 7.03. The molecule has 190 valence electrons. The van der Waals surface area contributed by atoms with Crippen LogP contribution in [0.4, 0.5) is 0 Å². The smallest absolute Gasteiger partial charge is 0.243 e. The van der Waals surface area contributed by atoms with Crippen molar-refractivity contribution in [3.05, 3.63) is 64.2 Å². The molecule has 1 N–H and O–H groups in total. The molecular weight excluding hydrogens is 462 g/mol. The van der Waals surface area contributed by atoms with E-state index in [1.807, 2.05) is 32.9 Å². The van der Waals surface area contributed by atoms with Gasteiger partial charge in [-0.3, -0.25) is 9.69 Å². The fourth-order valence-corrected chi connectivity index (χ4v) is 7.06. The van der Waals surface area contributed by atoms with Crippen LogP contribution in [0.1, 0.15) is 40.7 Å². The number of aryl methyl sites for hydroxylation is 3. The van der Waals surface area contributed by atoms with Crippen molar-refractivity contribution in [2.45, 2.75) is 51.6 Å². The van der Waals surface area contributed by atoms with Crippen LogP contribution in [0.2, 0.25) is 0 Å². The fraction of sp³-hybridized carbons (Fsp3) is 0.519. The molecule has 35 heavy (non-hydrogen) atoms. The predicted molar refractivity (Wildman–Crippen MR) is 137 cm³/mol.